The summed E-state index contributed by atoms with van der Waals surface area (Å²) in [5, 5.41) is 6.07. The molecule has 4 heterocycles. The molecular formula is C29H32N8O4. The van der Waals surface area contributed by atoms with Gasteiger partial charge in [-0.2, -0.15) is 4.98 Å². The lowest BCUT2D eigenvalue weighted by atomic mass is 10.1. The van der Waals surface area contributed by atoms with Gasteiger partial charge in [0.15, 0.2) is 5.82 Å². The van der Waals surface area contributed by atoms with Crippen LogP contribution >= 0.6 is 0 Å². The highest BCUT2D eigenvalue weighted by Gasteiger charge is 2.41. The topological polar surface area (TPSA) is 125 Å². The summed E-state index contributed by atoms with van der Waals surface area (Å²) in [5.74, 6) is 1.10. The molecule has 12 heteroatoms. The van der Waals surface area contributed by atoms with Crippen LogP contribution in [-0.4, -0.2) is 82.7 Å². The van der Waals surface area contributed by atoms with E-state index in [-0.39, 0.29) is 18.0 Å². The molecule has 2 fully saturated rings. The number of carbonyl (C=O) groups is 2. The molecule has 41 heavy (non-hydrogen) atoms. The quantitative estimate of drug-likeness (QED) is 0.380. The van der Waals surface area contributed by atoms with E-state index in [9.17, 15) is 9.59 Å². The molecule has 12 nitrogen and oxygen atoms in total. The van der Waals surface area contributed by atoms with Gasteiger partial charge in [0.2, 0.25) is 17.7 Å². The normalized spacial score (nSPS) is 17.4. The van der Waals surface area contributed by atoms with E-state index in [4.69, 9.17) is 14.5 Å². The largest absolute Gasteiger partial charge is 0.481 e. The molecule has 1 saturated carbocycles. The number of nitrogens with zero attached hydrogens (tertiary/aromatic N) is 6. The number of benzene rings is 1. The summed E-state index contributed by atoms with van der Waals surface area (Å²) in [6.07, 6.45) is 8.73. The number of hydrogen-bond donors (Lipinski definition) is 2. The number of anilines is 5. The Bertz CT molecular complexity index is 1440. The summed E-state index contributed by atoms with van der Waals surface area (Å²) in [5.41, 5.74) is 2.71. The molecule has 212 valence electrons. The predicted molar refractivity (Wildman–Crippen MR) is 154 cm³/mol. The number of hydrogen-bond acceptors (Lipinski definition) is 9. The standard InChI is InChI=1S/C29H32N8O4/c1-40-26-10-7-22(18-30-26)33-28-31-17-20-19-36(23-8-9-23)29(39)37(27(20)34-28)24-5-2-4-21(16-24)32-25(38)6-3-11-35-12-14-41-15-13-35/h2-7,10,16-18,23H,8-9,11-15,19H2,1H3,(H,32,38)(H,31,33,34)/b6-3+. The van der Waals surface area contributed by atoms with Crippen molar-refractivity contribution in [1.82, 2.24) is 24.8 Å². The van der Waals surface area contributed by atoms with Gasteiger partial charge in [-0.3, -0.25) is 9.69 Å². The third kappa shape index (κ3) is 6.28. The number of nitrogens with one attached hydrogen (secondary N) is 2. The van der Waals surface area contributed by atoms with E-state index in [0.717, 1.165) is 31.5 Å². The first-order chi connectivity index (χ1) is 20.1. The van der Waals surface area contributed by atoms with Gasteiger partial charge in [0.05, 0.1) is 44.4 Å². The van der Waals surface area contributed by atoms with Crippen molar-refractivity contribution in [3.63, 3.8) is 0 Å². The van der Waals surface area contributed by atoms with E-state index in [2.05, 4.69) is 25.5 Å². The third-order valence-electron chi connectivity index (χ3n) is 7.13. The summed E-state index contributed by atoms with van der Waals surface area (Å²) >= 11 is 0. The van der Waals surface area contributed by atoms with Crippen LogP contribution in [0, 0.1) is 0 Å². The zero-order valence-corrected chi connectivity index (χ0v) is 22.8. The maximum Gasteiger partial charge on any atom is 0.330 e. The molecule has 0 bridgehead atoms. The Morgan fingerprint density at radius 2 is 1.98 bits per heavy atom. The molecule has 0 radical (unpaired) electrons. The van der Waals surface area contributed by atoms with Crippen molar-refractivity contribution in [3.05, 3.63) is 66.5 Å². The van der Waals surface area contributed by atoms with E-state index < -0.39 is 0 Å². The Labute approximate surface area is 238 Å². The second-order valence-corrected chi connectivity index (χ2v) is 10.1. The van der Waals surface area contributed by atoms with Crippen molar-refractivity contribution in [2.24, 2.45) is 0 Å². The van der Waals surface area contributed by atoms with Crippen molar-refractivity contribution in [1.29, 1.82) is 0 Å². The molecule has 3 amide bonds. The Morgan fingerprint density at radius 3 is 2.73 bits per heavy atom. The van der Waals surface area contributed by atoms with E-state index >= 15 is 0 Å². The highest BCUT2D eigenvalue weighted by atomic mass is 16.5. The van der Waals surface area contributed by atoms with Crippen LogP contribution in [0.15, 0.2) is 60.9 Å². The van der Waals surface area contributed by atoms with Crippen LogP contribution in [0.2, 0.25) is 0 Å². The summed E-state index contributed by atoms with van der Waals surface area (Å²) in [7, 11) is 1.56. The van der Waals surface area contributed by atoms with Gasteiger partial charge in [-0.05, 0) is 37.1 Å². The minimum Gasteiger partial charge on any atom is -0.481 e. The maximum absolute atomic E-state index is 13.8. The summed E-state index contributed by atoms with van der Waals surface area (Å²) in [6, 6.07) is 10.9. The molecule has 1 aliphatic carbocycles. The first kappa shape index (κ1) is 26.7. The Balaban J connectivity index is 1.22. The molecule has 6 rings (SSSR count). The molecule has 1 aromatic carbocycles. The number of fused-ring (bicyclic) bond motifs is 1. The van der Waals surface area contributed by atoms with Crippen LogP contribution in [0.4, 0.5) is 33.6 Å². The Hall–Kier alpha value is -4.55. The highest BCUT2D eigenvalue weighted by Crippen LogP contribution is 2.39. The smallest absolute Gasteiger partial charge is 0.330 e. The zero-order valence-electron chi connectivity index (χ0n) is 22.8. The van der Waals surface area contributed by atoms with Crippen LogP contribution in [0.5, 0.6) is 5.88 Å². The number of methoxy groups -OCH3 is 1. The van der Waals surface area contributed by atoms with E-state index in [1.807, 2.05) is 29.2 Å². The van der Waals surface area contributed by atoms with Crippen LogP contribution in [0.25, 0.3) is 0 Å². The number of amides is 3. The van der Waals surface area contributed by atoms with Crippen LogP contribution in [0.1, 0.15) is 18.4 Å². The van der Waals surface area contributed by atoms with Crippen molar-refractivity contribution in [2.75, 3.05) is 55.5 Å². The monoisotopic (exact) mass is 556 g/mol. The number of rotatable bonds is 9. The molecule has 1 saturated heterocycles. The Morgan fingerprint density at radius 1 is 1.12 bits per heavy atom. The maximum atomic E-state index is 13.8. The minimum absolute atomic E-state index is 0.148. The zero-order chi connectivity index (χ0) is 28.2. The minimum atomic E-state index is -0.234. The van der Waals surface area contributed by atoms with E-state index in [1.54, 1.807) is 42.6 Å². The fraction of sp³-hybridized carbons (Fsp3) is 0.345. The number of carbonyl (C=O) groups excluding carboxylic acids is 2. The second kappa shape index (κ2) is 11.9. The first-order valence-electron chi connectivity index (χ1n) is 13.7. The molecule has 2 aromatic heterocycles. The average molecular weight is 557 g/mol. The van der Waals surface area contributed by atoms with Gasteiger partial charge in [-0.25, -0.2) is 19.7 Å². The average Bonchev–Trinajstić information content (AvgIpc) is 3.84. The molecule has 3 aromatic rings. The van der Waals surface area contributed by atoms with E-state index in [0.29, 0.717) is 61.0 Å². The molecule has 2 aliphatic heterocycles. The molecule has 3 aliphatic rings. The van der Waals surface area contributed by atoms with Gasteiger partial charge >= 0.3 is 6.03 Å². The van der Waals surface area contributed by atoms with E-state index in [1.165, 1.54) is 6.08 Å². The third-order valence-corrected chi connectivity index (χ3v) is 7.13. The number of urea groups is 1. The van der Waals surface area contributed by atoms with Gasteiger partial charge in [0, 0.05) is 55.3 Å². The van der Waals surface area contributed by atoms with Crippen molar-refractivity contribution in [2.45, 2.75) is 25.4 Å². The number of morpholine rings is 1. The van der Waals surface area contributed by atoms with Crippen LogP contribution in [-0.2, 0) is 16.1 Å². The molecule has 0 atom stereocenters. The predicted octanol–water partition coefficient (Wildman–Crippen LogP) is 3.69. The number of pyridine rings is 1. The first-order valence-corrected chi connectivity index (χ1v) is 13.7. The fourth-order valence-electron chi connectivity index (χ4n) is 4.84. The fourth-order valence-corrected chi connectivity index (χ4v) is 4.84. The van der Waals surface area contributed by atoms with Crippen LogP contribution < -0.4 is 20.3 Å². The van der Waals surface area contributed by atoms with Gasteiger partial charge in [0.1, 0.15) is 0 Å². The van der Waals surface area contributed by atoms with Crippen molar-refractivity contribution >= 4 is 40.8 Å². The molecule has 0 unspecified atom stereocenters. The lowest BCUT2D eigenvalue weighted by Gasteiger charge is -2.36. The highest BCUT2D eigenvalue weighted by molar-refractivity contribution is 6.03. The molecule has 2 N–H and O–H groups in total. The van der Waals surface area contributed by atoms with Crippen molar-refractivity contribution < 1.29 is 19.1 Å². The lowest BCUT2D eigenvalue weighted by Crippen LogP contribution is -2.46. The number of ether oxygens (including phenoxy) is 2. The van der Waals surface area contributed by atoms with Gasteiger partial charge in [-0.1, -0.05) is 12.1 Å². The lowest BCUT2D eigenvalue weighted by molar-refractivity contribution is -0.111. The van der Waals surface area contributed by atoms with Gasteiger partial charge < -0.3 is 25.0 Å². The second-order valence-electron chi connectivity index (χ2n) is 10.1. The van der Waals surface area contributed by atoms with Crippen molar-refractivity contribution in [3.8, 4) is 5.88 Å². The van der Waals surface area contributed by atoms with Crippen LogP contribution in [0.3, 0.4) is 0 Å². The summed E-state index contributed by atoms with van der Waals surface area (Å²) in [6.45, 7) is 4.28. The molecular weight excluding hydrogens is 524 g/mol. The number of aromatic nitrogens is 3. The van der Waals surface area contributed by atoms with Gasteiger partial charge in [-0.15, -0.1) is 0 Å². The summed E-state index contributed by atoms with van der Waals surface area (Å²) < 4.78 is 10.5. The molecule has 0 spiro atoms. The van der Waals surface area contributed by atoms with Gasteiger partial charge in [0.25, 0.3) is 0 Å². The Kier molecular flexibility index (Phi) is 7.74. The summed E-state index contributed by atoms with van der Waals surface area (Å²) in [4.78, 5) is 45.5. The SMILES string of the molecule is COc1ccc(Nc2ncc3c(n2)N(c2cccc(NC(=O)/C=C/CN4CCOCC4)c2)C(=O)N(C2CC2)C3)cn1.